The number of hydrogen-bond acceptors (Lipinski definition) is 6. The van der Waals surface area contributed by atoms with Gasteiger partial charge in [0.15, 0.2) is 11.4 Å². The van der Waals surface area contributed by atoms with Crippen molar-refractivity contribution in [2.24, 2.45) is 0 Å². The lowest BCUT2D eigenvalue weighted by atomic mass is 9.86. The number of carbonyl (C=O) groups excluding carboxylic acids is 1. The van der Waals surface area contributed by atoms with Gasteiger partial charge in [0, 0.05) is 17.5 Å². The van der Waals surface area contributed by atoms with E-state index in [0.717, 1.165) is 29.7 Å². The Hall–Kier alpha value is -3.02. The number of nitrogens with two attached hydrogens (primary N) is 2. The first-order valence-corrected chi connectivity index (χ1v) is 8.84. The summed E-state index contributed by atoms with van der Waals surface area (Å²) in [6.45, 7) is 4.30. The Labute approximate surface area is 151 Å². The zero-order valence-electron chi connectivity index (χ0n) is 14.9. The third-order valence-corrected chi connectivity index (χ3v) is 4.93. The summed E-state index contributed by atoms with van der Waals surface area (Å²) in [4.78, 5) is 25.7. The fourth-order valence-electron chi connectivity index (χ4n) is 3.60. The molecule has 0 spiro atoms. The molecule has 0 saturated carbocycles. The molecule has 0 fully saturated rings. The molecule has 0 saturated heterocycles. The van der Waals surface area contributed by atoms with Crippen LogP contribution in [0.15, 0.2) is 24.3 Å². The van der Waals surface area contributed by atoms with Crippen molar-refractivity contribution in [3.63, 3.8) is 0 Å². The van der Waals surface area contributed by atoms with Gasteiger partial charge in [-0.2, -0.15) is 9.97 Å². The summed E-state index contributed by atoms with van der Waals surface area (Å²) in [6, 6.07) is 8.23. The van der Waals surface area contributed by atoms with E-state index in [1.54, 1.807) is 0 Å². The van der Waals surface area contributed by atoms with E-state index in [4.69, 9.17) is 11.5 Å². The van der Waals surface area contributed by atoms with Crippen LogP contribution in [0.5, 0.6) is 0 Å². The monoisotopic (exact) mass is 347 g/mol. The van der Waals surface area contributed by atoms with Gasteiger partial charge in [-0.05, 0) is 29.9 Å². The summed E-state index contributed by atoms with van der Waals surface area (Å²) < 4.78 is 0. The van der Waals surface area contributed by atoms with Gasteiger partial charge in [-0.25, -0.2) is 4.98 Å². The summed E-state index contributed by atoms with van der Waals surface area (Å²) >= 11 is 0. The number of anilines is 2. The van der Waals surface area contributed by atoms with Gasteiger partial charge in [-0.1, -0.05) is 38.1 Å². The van der Waals surface area contributed by atoms with E-state index in [0.29, 0.717) is 28.9 Å². The Morgan fingerprint density at radius 2 is 1.69 bits per heavy atom. The highest BCUT2D eigenvalue weighted by Gasteiger charge is 2.27. The highest BCUT2D eigenvalue weighted by Crippen LogP contribution is 2.38. The second-order valence-electron chi connectivity index (χ2n) is 7.03. The van der Waals surface area contributed by atoms with Gasteiger partial charge in [0.2, 0.25) is 5.95 Å². The minimum absolute atomic E-state index is 0.0886. The fraction of sp³-hybridized carbons (Fsp3) is 0.300. The Morgan fingerprint density at radius 1 is 0.962 bits per heavy atom. The van der Waals surface area contributed by atoms with Crippen LogP contribution in [-0.2, 0) is 6.42 Å². The number of Topliss-reactive ketones (excluding diaryl/α,β-unsaturated/α-hetero) is 1. The van der Waals surface area contributed by atoms with Crippen molar-refractivity contribution in [2.45, 2.75) is 39.0 Å². The van der Waals surface area contributed by atoms with Crippen molar-refractivity contribution in [3.8, 4) is 11.1 Å². The summed E-state index contributed by atoms with van der Waals surface area (Å²) in [5.41, 5.74) is 16.7. The maximum Gasteiger partial charge on any atom is 0.224 e. The van der Waals surface area contributed by atoms with Gasteiger partial charge in [0.05, 0.1) is 11.1 Å². The second-order valence-corrected chi connectivity index (χ2v) is 7.03. The lowest BCUT2D eigenvalue weighted by molar-refractivity contribution is 0.0972. The Balaban J connectivity index is 2.08. The Morgan fingerprint density at radius 3 is 2.38 bits per heavy atom. The van der Waals surface area contributed by atoms with Crippen molar-refractivity contribution < 1.29 is 4.79 Å². The fourth-order valence-corrected chi connectivity index (χ4v) is 3.60. The number of nitrogens with zero attached hydrogens (tertiary/aromatic N) is 3. The van der Waals surface area contributed by atoms with E-state index >= 15 is 0 Å². The zero-order chi connectivity index (χ0) is 18.4. The van der Waals surface area contributed by atoms with Gasteiger partial charge in [-0.15, -0.1) is 0 Å². The van der Waals surface area contributed by atoms with Gasteiger partial charge in [-0.3, -0.25) is 4.79 Å². The number of ketones is 1. The average Bonchev–Trinajstić information content (AvgIpc) is 2.60. The molecule has 6 heteroatoms. The van der Waals surface area contributed by atoms with Crippen molar-refractivity contribution in [3.05, 3.63) is 41.1 Å². The third-order valence-electron chi connectivity index (χ3n) is 4.93. The molecule has 1 aromatic carbocycles. The van der Waals surface area contributed by atoms with E-state index in [-0.39, 0.29) is 17.5 Å². The van der Waals surface area contributed by atoms with Crippen LogP contribution < -0.4 is 11.5 Å². The third kappa shape index (κ3) is 2.58. The zero-order valence-corrected chi connectivity index (χ0v) is 14.9. The van der Waals surface area contributed by atoms with Crippen molar-refractivity contribution in [2.75, 3.05) is 11.5 Å². The number of aromatic nitrogens is 3. The predicted molar refractivity (Wildman–Crippen MR) is 103 cm³/mol. The van der Waals surface area contributed by atoms with Crippen molar-refractivity contribution in [1.29, 1.82) is 0 Å². The maximum atomic E-state index is 12.7. The van der Waals surface area contributed by atoms with E-state index in [9.17, 15) is 4.79 Å². The molecule has 0 radical (unpaired) electrons. The molecule has 132 valence electrons. The number of carbonyl (C=O) groups is 1. The summed E-state index contributed by atoms with van der Waals surface area (Å²) in [7, 11) is 0. The van der Waals surface area contributed by atoms with Crippen molar-refractivity contribution in [1.82, 2.24) is 15.0 Å². The van der Waals surface area contributed by atoms with Crippen molar-refractivity contribution >= 4 is 28.6 Å². The van der Waals surface area contributed by atoms with Crippen LogP contribution in [0, 0.1) is 0 Å². The number of benzene rings is 1. The Kier molecular flexibility index (Phi) is 3.83. The molecule has 0 atom stereocenters. The molecule has 2 heterocycles. The minimum atomic E-state index is 0.0886. The second kappa shape index (κ2) is 6.05. The van der Waals surface area contributed by atoms with Crippen LogP contribution in [0.4, 0.5) is 11.8 Å². The first-order valence-electron chi connectivity index (χ1n) is 8.84. The normalized spacial score (nSPS) is 14.0. The molecule has 0 bridgehead atoms. The van der Waals surface area contributed by atoms with Gasteiger partial charge >= 0.3 is 0 Å². The smallest absolute Gasteiger partial charge is 0.224 e. The van der Waals surface area contributed by atoms with E-state index in [2.05, 4.69) is 40.9 Å². The lowest BCUT2D eigenvalue weighted by Gasteiger charge is -2.20. The van der Waals surface area contributed by atoms with Gasteiger partial charge in [0.1, 0.15) is 5.82 Å². The van der Waals surface area contributed by atoms with Gasteiger partial charge < -0.3 is 11.5 Å². The molecule has 0 aliphatic heterocycles. The molecule has 3 aromatic rings. The molecular weight excluding hydrogens is 326 g/mol. The number of pyridine rings is 1. The molecule has 0 amide bonds. The van der Waals surface area contributed by atoms with E-state index < -0.39 is 0 Å². The number of aryl methyl sites for hydroxylation is 1. The topological polar surface area (TPSA) is 108 Å². The van der Waals surface area contributed by atoms with E-state index in [1.165, 1.54) is 5.56 Å². The molecule has 4 N–H and O–H groups in total. The van der Waals surface area contributed by atoms with Crippen LogP contribution in [0.1, 0.15) is 54.2 Å². The number of rotatable bonds is 2. The average molecular weight is 347 g/mol. The minimum Gasteiger partial charge on any atom is -0.383 e. The first-order chi connectivity index (χ1) is 12.5. The maximum absolute atomic E-state index is 12.7. The van der Waals surface area contributed by atoms with E-state index in [1.807, 2.05) is 12.1 Å². The standard InChI is InChI=1S/C20H21N5O/c1-10(2)11-6-8-12(9-7-11)15-16-13(4-3-5-14(16)26)23-19-17(15)18(21)24-20(22)25-19/h6-10H,3-5H2,1-2H3,(H4,21,22,23,24,25). The number of fused-ring (bicyclic) bond motifs is 2. The van der Waals surface area contributed by atoms with Crippen LogP contribution in [0.2, 0.25) is 0 Å². The molecule has 1 aliphatic rings. The molecule has 2 aromatic heterocycles. The SMILES string of the molecule is CC(C)c1ccc(-c2c3c(nc4nc(N)nc(N)c24)CCCC3=O)cc1. The highest BCUT2D eigenvalue weighted by molar-refractivity contribution is 6.13. The Bertz CT molecular complexity index is 1020. The summed E-state index contributed by atoms with van der Waals surface area (Å²) in [5.74, 6) is 0.872. The van der Waals surface area contributed by atoms with Crippen LogP contribution in [0.3, 0.4) is 0 Å². The van der Waals surface area contributed by atoms with Crippen LogP contribution >= 0.6 is 0 Å². The van der Waals surface area contributed by atoms with Gasteiger partial charge in [0.25, 0.3) is 0 Å². The number of nitrogen functional groups attached to an aromatic ring is 2. The highest BCUT2D eigenvalue weighted by atomic mass is 16.1. The molecule has 6 nitrogen and oxygen atoms in total. The quantitative estimate of drug-likeness (QED) is 0.734. The predicted octanol–water partition coefficient (Wildman–Crippen LogP) is 3.50. The summed E-state index contributed by atoms with van der Waals surface area (Å²) in [5, 5.41) is 0.602. The molecule has 4 rings (SSSR count). The molecule has 26 heavy (non-hydrogen) atoms. The molecular formula is C20H21N5O. The summed E-state index contributed by atoms with van der Waals surface area (Å²) in [6.07, 6.45) is 2.07. The van der Waals surface area contributed by atoms with Crippen LogP contribution in [0.25, 0.3) is 22.2 Å². The first kappa shape index (κ1) is 16.4. The van der Waals surface area contributed by atoms with Crippen LogP contribution in [-0.4, -0.2) is 20.7 Å². The molecule has 0 unspecified atom stereocenters. The largest absolute Gasteiger partial charge is 0.383 e. The molecule has 1 aliphatic carbocycles. The number of hydrogen-bond donors (Lipinski definition) is 2. The lowest BCUT2D eigenvalue weighted by Crippen LogP contribution is -2.16.